The zero-order valence-electron chi connectivity index (χ0n) is 14.8. The van der Waals surface area contributed by atoms with Gasteiger partial charge in [0.25, 0.3) is 0 Å². The average molecular weight is 403 g/mol. The number of fused-ring (bicyclic) bond motifs is 1. The number of aliphatic hydroxyl groups is 2. The number of aliphatic hydroxyl groups excluding tert-OH is 2. The van der Waals surface area contributed by atoms with Gasteiger partial charge >= 0.3 is 7.82 Å². The van der Waals surface area contributed by atoms with Crippen LogP contribution in [-0.4, -0.2) is 67.9 Å². The quantitative estimate of drug-likeness (QED) is 0.517. The highest BCUT2D eigenvalue weighted by Crippen LogP contribution is 2.49. The Kier molecular flexibility index (Phi) is 6.06. The number of nitrogens with zero attached hydrogens (tertiary/aromatic N) is 4. The van der Waals surface area contributed by atoms with Gasteiger partial charge in [0.15, 0.2) is 17.7 Å². The number of hydrogen-bond acceptors (Lipinski definition) is 11. The van der Waals surface area contributed by atoms with Crippen molar-refractivity contribution in [1.29, 1.82) is 0 Å². The van der Waals surface area contributed by atoms with E-state index in [2.05, 4.69) is 15.0 Å². The van der Waals surface area contributed by atoms with Crippen molar-refractivity contribution >= 4 is 24.8 Å². The smallest absolute Gasteiger partial charge is 0.387 e. The Morgan fingerprint density at radius 2 is 1.89 bits per heavy atom. The largest absolute Gasteiger partial charge is 0.474 e. The molecule has 3 rings (SSSR count). The summed E-state index contributed by atoms with van der Waals surface area (Å²) in [6, 6.07) is 0. The van der Waals surface area contributed by atoms with Gasteiger partial charge in [0.05, 0.1) is 26.1 Å². The fourth-order valence-electron chi connectivity index (χ4n) is 2.75. The first kappa shape index (κ1) is 20.1. The van der Waals surface area contributed by atoms with E-state index in [0.717, 1.165) is 0 Å². The van der Waals surface area contributed by atoms with E-state index < -0.39 is 32.4 Å². The molecule has 0 bridgehead atoms. The van der Waals surface area contributed by atoms with Gasteiger partial charge in [-0.3, -0.25) is 18.1 Å². The average Bonchev–Trinajstić information content (AvgIpc) is 3.17. The summed E-state index contributed by atoms with van der Waals surface area (Å²) in [5, 5.41) is 20.7. The summed E-state index contributed by atoms with van der Waals surface area (Å²) in [5.41, 5.74) is 6.44. The van der Waals surface area contributed by atoms with Crippen molar-refractivity contribution in [2.45, 2.75) is 38.4 Å². The molecular formula is C14H22N5O7P. The van der Waals surface area contributed by atoms with Crippen LogP contribution < -0.4 is 5.73 Å². The monoisotopic (exact) mass is 403 g/mol. The lowest BCUT2D eigenvalue weighted by molar-refractivity contribution is -0.0524. The SMILES string of the molecule is CCOP(=O)(OCC)OC[C@H]1O[C@@H](n2cnc3c(N)ncnc32)[C@H](O)[C@@H]1O. The number of ether oxygens (including phenoxy) is 1. The summed E-state index contributed by atoms with van der Waals surface area (Å²) in [6.07, 6.45) is -1.93. The van der Waals surface area contributed by atoms with Crippen LogP contribution in [0.25, 0.3) is 11.2 Å². The minimum atomic E-state index is -3.77. The maximum absolute atomic E-state index is 12.4. The number of nitrogen functional groups attached to an aromatic ring is 1. The topological polar surface area (TPSA) is 164 Å². The highest BCUT2D eigenvalue weighted by molar-refractivity contribution is 7.48. The minimum Gasteiger partial charge on any atom is -0.387 e. The lowest BCUT2D eigenvalue weighted by Gasteiger charge is -2.20. The van der Waals surface area contributed by atoms with Crippen LogP contribution in [0.15, 0.2) is 12.7 Å². The van der Waals surface area contributed by atoms with Gasteiger partial charge in [0.1, 0.15) is 30.2 Å². The molecule has 12 nitrogen and oxygen atoms in total. The number of hydrogen-bond donors (Lipinski definition) is 3. The van der Waals surface area contributed by atoms with E-state index in [1.54, 1.807) is 13.8 Å². The first-order chi connectivity index (χ1) is 12.9. The van der Waals surface area contributed by atoms with E-state index in [4.69, 9.17) is 24.0 Å². The summed E-state index contributed by atoms with van der Waals surface area (Å²) < 4.78 is 34.8. The molecule has 27 heavy (non-hydrogen) atoms. The summed E-state index contributed by atoms with van der Waals surface area (Å²) >= 11 is 0. The second-order valence-corrected chi connectivity index (χ2v) is 7.38. The summed E-state index contributed by atoms with van der Waals surface area (Å²) in [5.74, 6) is 0.182. The van der Waals surface area contributed by atoms with Gasteiger partial charge in [-0.25, -0.2) is 19.5 Å². The second-order valence-electron chi connectivity index (χ2n) is 5.71. The van der Waals surface area contributed by atoms with Gasteiger partial charge in [-0.1, -0.05) is 0 Å². The Balaban J connectivity index is 1.75. The van der Waals surface area contributed by atoms with Crippen LogP contribution in [0.4, 0.5) is 5.82 Å². The molecule has 150 valence electrons. The zero-order valence-corrected chi connectivity index (χ0v) is 15.7. The third-order valence-corrected chi connectivity index (χ3v) is 5.58. The maximum atomic E-state index is 12.4. The van der Waals surface area contributed by atoms with Crippen LogP contribution in [-0.2, 0) is 22.9 Å². The molecule has 4 atom stereocenters. The Morgan fingerprint density at radius 1 is 1.19 bits per heavy atom. The van der Waals surface area contributed by atoms with Gasteiger partial charge in [-0.15, -0.1) is 0 Å². The van der Waals surface area contributed by atoms with Crippen LogP contribution in [0.2, 0.25) is 0 Å². The van der Waals surface area contributed by atoms with Gasteiger partial charge in [-0.2, -0.15) is 0 Å². The Bertz CT molecular complexity index is 823. The number of aromatic nitrogens is 4. The standard InChI is InChI=1S/C14H22N5O7P/c1-3-23-27(22,24-4-2)25-5-8-10(20)11(21)14(26-8)19-7-18-9-12(15)16-6-17-13(9)19/h6-8,10-11,14,20-21H,3-5H2,1-2H3,(H2,15,16,17)/t8-,10-,11-,14-/m1/s1. The Morgan fingerprint density at radius 3 is 2.56 bits per heavy atom. The molecule has 1 aliphatic rings. The van der Waals surface area contributed by atoms with Gasteiger partial charge in [-0.05, 0) is 13.8 Å². The summed E-state index contributed by atoms with van der Waals surface area (Å²) in [7, 11) is -3.77. The highest BCUT2D eigenvalue weighted by atomic mass is 31.2. The second kappa shape index (κ2) is 8.15. The molecule has 3 heterocycles. The van der Waals surface area contributed by atoms with Gasteiger partial charge in [0, 0.05) is 0 Å². The molecular weight excluding hydrogens is 381 g/mol. The number of rotatable bonds is 8. The van der Waals surface area contributed by atoms with Crippen LogP contribution in [0.3, 0.4) is 0 Å². The van der Waals surface area contributed by atoms with Crippen molar-refractivity contribution in [3.05, 3.63) is 12.7 Å². The van der Waals surface area contributed by atoms with Crippen LogP contribution in [0.1, 0.15) is 20.1 Å². The fraction of sp³-hybridized carbons (Fsp3) is 0.643. The molecule has 0 aliphatic carbocycles. The molecule has 0 amide bonds. The van der Waals surface area contributed by atoms with Crippen LogP contribution in [0.5, 0.6) is 0 Å². The third kappa shape index (κ3) is 3.97. The van der Waals surface area contributed by atoms with Crippen molar-refractivity contribution in [3.63, 3.8) is 0 Å². The molecule has 1 aliphatic heterocycles. The molecule has 0 radical (unpaired) electrons. The molecule has 1 saturated heterocycles. The molecule has 2 aromatic heterocycles. The number of phosphoric ester groups is 1. The third-order valence-electron chi connectivity index (χ3n) is 3.97. The van der Waals surface area contributed by atoms with Crippen LogP contribution in [0, 0.1) is 0 Å². The Hall–Kier alpha value is -1.66. The maximum Gasteiger partial charge on any atom is 0.474 e. The predicted octanol–water partition coefficient (Wildman–Crippen LogP) is 0.225. The van der Waals surface area contributed by atoms with E-state index in [9.17, 15) is 14.8 Å². The fourth-order valence-corrected chi connectivity index (χ4v) is 3.93. The number of nitrogens with two attached hydrogens (primary N) is 1. The van der Waals surface area contributed by atoms with Crippen molar-refractivity contribution < 1.29 is 33.1 Å². The molecule has 13 heteroatoms. The van der Waals surface area contributed by atoms with E-state index in [-0.39, 0.29) is 25.6 Å². The molecule has 0 spiro atoms. The normalized spacial score (nSPS) is 26.1. The molecule has 2 aromatic rings. The number of phosphoric acid groups is 1. The van der Waals surface area contributed by atoms with Crippen molar-refractivity contribution in [3.8, 4) is 0 Å². The first-order valence-corrected chi connectivity index (χ1v) is 9.84. The first-order valence-electron chi connectivity index (χ1n) is 8.38. The Labute approximate surface area is 154 Å². The van der Waals surface area contributed by atoms with Crippen LogP contribution >= 0.6 is 7.82 Å². The lowest BCUT2D eigenvalue weighted by atomic mass is 10.1. The van der Waals surface area contributed by atoms with Crippen molar-refractivity contribution in [2.24, 2.45) is 0 Å². The number of imidazole rings is 1. The van der Waals surface area contributed by atoms with E-state index >= 15 is 0 Å². The molecule has 1 fully saturated rings. The van der Waals surface area contributed by atoms with Crippen molar-refractivity contribution in [2.75, 3.05) is 25.6 Å². The predicted molar refractivity (Wildman–Crippen MR) is 92.5 cm³/mol. The minimum absolute atomic E-state index is 0.124. The van der Waals surface area contributed by atoms with Gasteiger partial charge < -0.3 is 20.7 Å². The number of anilines is 1. The molecule has 0 unspecified atom stereocenters. The lowest BCUT2D eigenvalue weighted by Crippen LogP contribution is -2.33. The summed E-state index contributed by atoms with van der Waals surface area (Å²) in [4.78, 5) is 12.0. The van der Waals surface area contributed by atoms with Crippen molar-refractivity contribution in [1.82, 2.24) is 19.5 Å². The van der Waals surface area contributed by atoms with E-state index in [1.807, 2.05) is 0 Å². The zero-order chi connectivity index (χ0) is 19.6. The highest BCUT2D eigenvalue weighted by Gasteiger charge is 2.45. The molecule has 4 N–H and O–H groups in total. The molecule has 0 saturated carbocycles. The van der Waals surface area contributed by atoms with E-state index in [1.165, 1.54) is 17.2 Å². The molecule has 0 aromatic carbocycles. The van der Waals surface area contributed by atoms with Gasteiger partial charge in [0.2, 0.25) is 0 Å². The van der Waals surface area contributed by atoms with E-state index in [0.29, 0.717) is 11.2 Å². The summed E-state index contributed by atoms with van der Waals surface area (Å²) in [6.45, 7) is 3.23.